The van der Waals surface area contributed by atoms with Crippen LogP contribution in [0.4, 0.5) is 4.79 Å². The van der Waals surface area contributed by atoms with Crippen molar-refractivity contribution in [3.8, 4) is 0 Å². The molecule has 3 heteroatoms. The molecule has 1 atom stereocenters. The Morgan fingerprint density at radius 3 is 2.25 bits per heavy atom. The molecule has 0 spiro atoms. The van der Waals surface area contributed by atoms with Gasteiger partial charge in [-0.25, -0.2) is 4.79 Å². The molecule has 1 unspecified atom stereocenters. The maximum absolute atomic E-state index is 11.2. The Hall–Kier alpha value is -0.730. The Kier molecular flexibility index (Phi) is 9.06. The molecule has 0 aliphatic heterocycles. The molecule has 0 saturated carbocycles. The van der Waals surface area contributed by atoms with Crippen LogP contribution in [0.1, 0.15) is 53.4 Å². The van der Waals surface area contributed by atoms with Gasteiger partial charge < -0.3 is 9.47 Å². The predicted octanol–water partition coefficient (Wildman–Crippen LogP) is 4.01. The number of ether oxygens (including phenoxy) is 2. The summed E-state index contributed by atoms with van der Waals surface area (Å²) in [6.45, 7) is 9.23. The van der Waals surface area contributed by atoms with Crippen LogP contribution in [0.25, 0.3) is 0 Å². The van der Waals surface area contributed by atoms with E-state index in [1.54, 1.807) is 0 Å². The van der Waals surface area contributed by atoms with E-state index in [9.17, 15) is 4.79 Å². The molecule has 0 aliphatic carbocycles. The van der Waals surface area contributed by atoms with Crippen LogP contribution in [-0.2, 0) is 9.47 Å². The Labute approximate surface area is 99.5 Å². The van der Waals surface area contributed by atoms with Crippen LogP contribution in [0.5, 0.6) is 0 Å². The molecule has 96 valence electrons. The van der Waals surface area contributed by atoms with E-state index in [0.29, 0.717) is 25.0 Å². The zero-order chi connectivity index (χ0) is 12.4. The van der Waals surface area contributed by atoms with Gasteiger partial charge in [0.2, 0.25) is 0 Å². The van der Waals surface area contributed by atoms with Gasteiger partial charge in [-0.1, -0.05) is 47.0 Å². The quantitative estimate of drug-likeness (QED) is 0.591. The van der Waals surface area contributed by atoms with Gasteiger partial charge in [-0.05, 0) is 18.3 Å². The highest BCUT2D eigenvalue weighted by Crippen LogP contribution is 2.13. The molecular weight excluding hydrogens is 204 g/mol. The van der Waals surface area contributed by atoms with Gasteiger partial charge in [0, 0.05) is 0 Å². The highest BCUT2D eigenvalue weighted by Gasteiger charge is 2.11. The van der Waals surface area contributed by atoms with E-state index in [1.807, 2.05) is 13.8 Å². The lowest BCUT2D eigenvalue weighted by molar-refractivity contribution is 0.0359. The Morgan fingerprint density at radius 1 is 1.12 bits per heavy atom. The van der Waals surface area contributed by atoms with Gasteiger partial charge in [0.05, 0.1) is 13.2 Å². The largest absolute Gasteiger partial charge is 0.508 e. The van der Waals surface area contributed by atoms with E-state index < -0.39 is 6.16 Å². The minimum atomic E-state index is -0.524. The summed E-state index contributed by atoms with van der Waals surface area (Å²) < 4.78 is 10.0. The van der Waals surface area contributed by atoms with E-state index in [1.165, 1.54) is 12.8 Å². The van der Waals surface area contributed by atoms with Crippen molar-refractivity contribution in [3.63, 3.8) is 0 Å². The molecule has 0 amide bonds. The van der Waals surface area contributed by atoms with Crippen LogP contribution in [0.2, 0.25) is 0 Å². The van der Waals surface area contributed by atoms with Gasteiger partial charge in [0.25, 0.3) is 0 Å². The van der Waals surface area contributed by atoms with Crippen molar-refractivity contribution in [2.45, 2.75) is 53.4 Å². The number of rotatable bonds is 8. The molecular formula is C13H26O3. The van der Waals surface area contributed by atoms with E-state index in [-0.39, 0.29) is 0 Å². The van der Waals surface area contributed by atoms with Crippen LogP contribution >= 0.6 is 0 Å². The predicted molar refractivity (Wildman–Crippen MR) is 65.4 cm³/mol. The molecule has 0 aromatic rings. The topological polar surface area (TPSA) is 35.5 Å². The van der Waals surface area contributed by atoms with Crippen LogP contribution in [0.3, 0.4) is 0 Å². The van der Waals surface area contributed by atoms with Crippen molar-refractivity contribution >= 4 is 6.16 Å². The van der Waals surface area contributed by atoms with Gasteiger partial charge in [-0.15, -0.1) is 0 Å². The van der Waals surface area contributed by atoms with Gasteiger partial charge in [-0.2, -0.15) is 0 Å². The van der Waals surface area contributed by atoms with Crippen molar-refractivity contribution in [2.24, 2.45) is 11.8 Å². The molecule has 0 aromatic heterocycles. The average Bonchev–Trinajstić information content (AvgIpc) is 2.26. The maximum Gasteiger partial charge on any atom is 0.508 e. The Balaban J connectivity index is 3.62. The zero-order valence-corrected chi connectivity index (χ0v) is 11.1. The lowest BCUT2D eigenvalue weighted by Gasteiger charge is -2.14. The summed E-state index contributed by atoms with van der Waals surface area (Å²) in [7, 11) is 0. The summed E-state index contributed by atoms with van der Waals surface area (Å²) in [6.07, 6.45) is 4.04. The second-order valence-electron chi connectivity index (χ2n) is 4.68. The maximum atomic E-state index is 11.2. The summed E-state index contributed by atoms with van der Waals surface area (Å²) in [4.78, 5) is 11.2. The first-order chi connectivity index (χ1) is 7.60. The van der Waals surface area contributed by atoms with Crippen LogP contribution in [-0.4, -0.2) is 19.4 Å². The van der Waals surface area contributed by atoms with Crippen molar-refractivity contribution in [3.05, 3.63) is 0 Å². The summed E-state index contributed by atoms with van der Waals surface area (Å²) in [6, 6.07) is 0. The smallest absolute Gasteiger partial charge is 0.434 e. The van der Waals surface area contributed by atoms with Gasteiger partial charge in [0.1, 0.15) is 0 Å². The van der Waals surface area contributed by atoms with E-state index in [2.05, 4.69) is 13.8 Å². The van der Waals surface area contributed by atoms with Gasteiger partial charge in [-0.3, -0.25) is 0 Å². The van der Waals surface area contributed by atoms with E-state index in [4.69, 9.17) is 9.47 Å². The molecule has 0 aliphatic rings. The molecule has 16 heavy (non-hydrogen) atoms. The molecule has 0 radical (unpaired) electrons. The first-order valence-corrected chi connectivity index (χ1v) is 6.39. The van der Waals surface area contributed by atoms with E-state index >= 15 is 0 Å². The summed E-state index contributed by atoms with van der Waals surface area (Å²) in [5.74, 6) is 0.834. The molecule has 3 nitrogen and oxygen atoms in total. The second-order valence-corrected chi connectivity index (χ2v) is 4.68. The third-order valence-electron chi connectivity index (χ3n) is 2.51. The van der Waals surface area contributed by atoms with Crippen LogP contribution < -0.4 is 0 Å². The van der Waals surface area contributed by atoms with Gasteiger partial charge >= 0.3 is 6.16 Å². The number of hydrogen-bond donors (Lipinski definition) is 0. The molecule has 0 N–H and O–H groups in total. The molecule has 0 saturated heterocycles. The molecule has 0 fully saturated rings. The Bertz CT molecular complexity index is 178. The van der Waals surface area contributed by atoms with Crippen LogP contribution in [0, 0.1) is 11.8 Å². The fourth-order valence-corrected chi connectivity index (χ4v) is 1.36. The van der Waals surface area contributed by atoms with Crippen LogP contribution in [0.15, 0.2) is 0 Å². The number of carbonyl (C=O) groups is 1. The average molecular weight is 230 g/mol. The number of carbonyl (C=O) groups excluding carboxylic acids is 1. The molecule has 0 rings (SSSR count). The fourth-order valence-electron chi connectivity index (χ4n) is 1.36. The summed E-state index contributed by atoms with van der Waals surface area (Å²) in [5, 5.41) is 0. The minimum Gasteiger partial charge on any atom is -0.434 e. The second kappa shape index (κ2) is 9.49. The van der Waals surface area contributed by atoms with Crippen molar-refractivity contribution < 1.29 is 14.3 Å². The Morgan fingerprint density at radius 2 is 1.75 bits per heavy atom. The fraction of sp³-hybridized carbons (Fsp3) is 0.923. The lowest BCUT2D eigenvalue weighted by atomic mass is 10.0. The molecule has 0 heterocycles. The number of hydrogen-bond acceptors (Lipinski definition) is 3. The van der Waals surface area contributed by atoms with E-state index in [0.717, 1.165) is 12.8 Å². The first kappa shape index (κ1) is 15.3. The highest BCUT2D eigenvalue weighted by atomic mass is 16.7. The molecule has 0 bridgehead atoms. The lowest BCUT2D eigenvalue weighted by Crippen LogP contribution is -2.16. The summed E-state index contributed by atoms with van der Waals surface area (Å²) in [5.41, 5.74) is 0. The molecule has 0 aromatic carbocycles. The monoisotopic (exact) mass is 230 g/mol. The van der Waals surface area contributed by atoms with Crippen molar-refractivity contribution in [1.82, 2.24) is 0 Å². The minimum absolute atomic E-state index is 0.356. The third kappa shape index (κ3) is 8.57. The zero-order valence-electron chi connectivity index (χ0n) is 11.1. The first-order valence-electron chi connectivity index (χ1n) is 6.39. The van der Waals surface area contributed by atoms with Crippen molar-refractivity contribution in [2.75, 3.05) is 13.2 Å². The highest BCUT2D eigenvalue weighted by molar-refractivity contribution is 5.59. The SMILES string of the molecule is CCCCC(CC)COC(=O)OCC(C)C. The van der Waals surface area contributed by atoms with Gasteiger partial charge in [0.15, 0.2) is 0 Å². The summed E-state index contributed by atoms with van der Waals surface area (Å²) >= 11 is 0. The standard InChI is InChI=1S/C13H26O3/c1-5-7-8-12(6-2)10-16-13(14)15-9-11(3)4/h11-12H,5-10H2,1-4H3. The number of unbranched alkanes of at least 4 members (excludes halogenated alkanes) is 1. The van der Waals surface area contributed by atoms with Crippen molar-refractivity contribution in [1.29, 1.82) is 0 Å². The normalized spacial score (nSPS) is 12.6. The third-order valence-corrected chi connectivity index (χ3v) is 2.51.